The monoisotopic (exact) mass is 589 g/mol. The summed E-state index contributed by atoms with van der Waals surface area (Å²) in [7, 11) is 1.53. The second-order valence-electron chi connectivity index (χ2n) is 11.0. The molecule has 226 valence electrons. The van der Waals surface area contributed by atoms with E-state index in [1.54, 1.807) is 34.9 Å². The lowest BCUT2D eigenvalue weighted by molar-refractivity contribution is 0.0705. The Labute approximate surface area is 249 Å². The number of likely N-dealkylation sites (tertiary alicyclic amines) is 1. The third-order valence-corrected chi connectivity index (χ3v) is 8.51. The van der Waals surface area contributed by atoms with E-state index in [1.807, 2.05) is 29.2 Å². The Kier molecular flexibility index (Phi) is 7.96. The molecular formula is C32H35N3O8. The Balaban J connectivity index is 1.06. The zero-order chi connectivity index (χ0) is 30.1. The molecule has 0 unspecified atom stereocenters. The number of carbonyl (C=O) groups is 2. The van der Waals surface area contributed by atoms with E-state index in [4.69, 9.17) is 18.9 Å². The molecule has 2 saturated heterocycles. The molecule has 0 N–H and O–H groups in total. The van der Waals surface area contributed by atoms with Crippen molar-refractivity contribution in [3.63, 3.8) is 0 Å². The number of benzene rings is 2. The summed E-state index contributed by atoms with van der Waals surface area (Å²) in [6, 6.07) is 13.0. The summed E-state index contributed by atoms with van der Waals surface area (Å²) in [6.45, 7) is 4.54. The Hall–Kier alpha value is -4.54. The van der Waals surface area contributed by atoms with Gasteiger partial charge < -0.3 is 28.7 Å². The van der Waals surface area contributed by atoms with Crippen LogP contribution in [0.2, 0.25) is 0 Å². The minimum atomic E-state index is -0.557. The molecule has 0 bridgehead atoms. The zero-order valence-electron chi connectivity index (χ0n) is 24.4. The van der Waals surface area contributed by atoms with Gasteiger partial charge in [-0.2, -0.15) is 0 Å². The number of carbonyl (C=O) groups excluding carboxylic acids is 2. The largest absolute Gasteiger partial charge is 0.496 e. The van der Waals surface area contributed by atoms with Gasteiger partial charge in [0.15, 0.2) is 5.75 Å². The standard InChI is InChI=1S/C32H35N3O8/c1-3-41-30-27(28(36)29(30)37)33-16-12-22(13-17-33)43-23-8-9-24(26(18-23)40-2)31(38)34-14-10-21(11-15-34)35-25-7-5-4-6-20(25)19-42-32(35)39/h4-9,18,21-22H,3,10-17,19H2,1-2H3. The van der Waals surface area contributed by atoms with Gasteiger partial charge in [-0.05, 0) is 38.0 Å². The lowest BCUT2D eigenvalue weighted by atomic mass is 10.00. The fourth-order valence-corrected chi connectivity index (χ4v) is 6.25. The number of ether oxygens (including phenoxy) is 4. The molecule has 2 amide bonds. The predicted molar refractivity (Wildman–Crippen MR) is 159 cm³/mol. The van der Waals surface area contributed by atoms with E-state index in [0.717, 1.165) is 11.3 Å². The molecule has 0 aliphatic carbocycles. The van der Waals surface area contributed by atoms with Crippen molar-refractivity contribution >= 4 is 23.4 Å². The molecule has 0 saturated carbocycles. The molecule has 3 aromatic carbocycles. The van der Waals surface area contributed by atoms with Crippen molar-refractivity contribution in [2.75, 3.05) is 49.7 Å². The lowest BCUT2D eigenvalue weighted by Gasteiger charge is -2.40. The fourth-order valence-electron chi connectivity index (χ4n) is 6.25. The fraction of sp³-hybridized carbons (Fsp3) is 0.438. The summed E-state index contributed by atoms with van der Waals surface area (Å²) in [6.07, 6.45) is 2.18. The van der Waals surface area contributed by atoms with Crippen molar-refractivity contribution in [3.05, 3.63) is 74.0 Å². The molecule has 0 aromatic heterocycles. The first kappa shape index (κ1) is 28.6. The highest BCUT2D eigenvalue weighted by atomic mass is 16.6. The van der Waals surface area contributed by atoms with Crippen molar-refractivity contribution < 1.29 is 28.5 Å². The highest BCUT2D eigenvalue weighted by molar-refractivity contribution is 5.97. The van der Waals surface area contributed by atoms with Crippen LogP contribution in [0.25, 0.3) is 0 Å². The Bertz CT molecular complexity index is 1580. The van der Waals surface area contributed by atoms with E-state index in [2.05, 4.69) is 0 Å². The van der Waals surface area contributed by atoms with Crippen LogP contribution in [0.1, 0.15) is 48.5 Å². The first-order valence-electron chi connectivity index (χ1n) is 14.8. The van der Waals surface area contributed by atoms with Gasteiger partial charge in [0.05, 0.1) is 25.0 Å². The predicted octanol–water partition coefficient (Wildman–Crippen LogP) is 3.50. The van der Waals surface area contributed by atoms with E-state index < -0.39 is 10.9 Å². The second kappa shape index (κ2) is 12.0. The summed E-state index contributed by atoms with van der Waals surface area (Å²) in [5, 5.41) is 0. The highest BCUT2D eigenvalue weighted by Crippen LogP contribution is 2.34. The number of piperidine rings is 2. The number of methoxy groups -OCH3 is 1. The number of para-hydroxylation sites is 1. The Morgan fingerprint density at radius 1 is 0.953 bits per heavy atom. The number of anilines is 2. The third kappa shape index (κ3) is 5.39. The van der Waals surface area contributed by atoms with Gasteiger partial charge in [0.25, 0.3) is 16.8 Å². The van der Waals surface area contributed by atoms with Gasteiger partial charge >= 0.3 is 6.09 Å². The number of hydrogen-bond donors (Lipinski definition) is 0. The van der Waals surface area contributed by atoms with Crippen LogP contribution >= 0.6 is 0 Å². The molecule has 3 aromatic rings. The maximum Gasteiger partial charge on any atom is 0.414 e. The van der Waals surface area contributed by atoms with Crippen molar-refractivity contribution in [1.82, 2.24) is 4.90 Å². The average molecular weight is 590 g/mol. The number of hydrogen-bond acceptors (Lipinski definition) is 9. The summed E-state index contributed by atoms with van der Waals surface area (Å²) >= 11 is 0. The minimum absolute atomic E-state index is 0.0490. The molecule has 43 heavy (non-hydrogen) atoms. The van der Waals surface area contributed by atoms with Crippen molar-refractivity contribution in [1.29, 1.82) is 0 Å². The quantitative estimate of drug-likeness (QED) is 0.364. The van der Waals surface area contributed by atoms with Gasteiger partial charge in [-0.3, -0.25) is 19.3 Å². The number of rotatable bonds is 8. The van der Waals surface area contributed by atoms with Crippen LogP contribution in [0.5, 0.6) is 17.2 Å². The van der Waals surface area contributed by atoms with Gasteiger partial charge in [0, 0.05) is 56.7 Å². The summed E-state index contributed by atoms with van der Waals surface area (Å²) in [5.41, 5.74) is 1.64. The van der Waals surface area contributed by atoms with E-state index in [0.29, 0.717) is 81.2 Å². The van der Waals surface area contributed by atoms with E-state index in [-0.39, 0.29) is 36.5 Å². The molecule has 2 fully saturated rings. The molecule has 0 atom stereocenters. The molecule has 0 spiro atoms. The van der Waals surface area contributed by atoms with Gasteiger partial charge in [-0.25, -0.2) is 4.79 Å². The Morgan fingerprint density at radius 3 is 2.42 bits per heavy atom. The lowest BCUT2D eigenvalue weighted by Crippen LogP contribution is -2.50. The molecule has 3 aliphatic heterocycles. The molecule has 0 radical (unpaired) electrons. The minimum Gasteiger partial charge on any atom is -0.496 e. The first-order valence-corrected chi connectivity index (χ1v) is 14.8. The van der Waals surface area contributed by atoms with Gasteiger partial charge in [-0.15, -0.1) is 0 Å². The maximum atomic E-state index is 13.5. The normalized spacial score (nSPS) is 17.9. The third-order valence-electron chi connectivity index (χ3n) is 8.51. The second-order valence-corrected chi connectivity index (χ2v) is 11.0. The molecule has 3 heterocycles. The van der Waals surface area contributed by atoms with Gasteiger partial charge in [-0.1, -0.05) is 18.2 Å². The molecule has 11 nitrogen and oxygen atoms in total. The van der Waals surface area contributed by atoms with Crippen molar-refractivity contribution in [2.24, 2.45) is 0 Å². The van der Waals surface area contributed by atoms with Crippen LogP contribution in [0.3, 0.4) is 0 Å². The van der Waals surface area contributed by atoms with Gasteiger partial charge in [0.2, 0.25) is 0 Å². The van der Waals surface area contributed by atoms with Crippen LogP contribution in [0, 0.1) is 0 Å². The smallest absolute Gasteiger partial charge is 0.414 e. The number of fused-ring (bicyclic) bond motifs is 1. The van der Waals surface area contributed by atoms with Crippen molar-refractivity contribution in [2.45, 2.75) is 51.4 Å². The highest BCUT2D eigenvalue weighted by Gasteiger charge is 2.36. The molecule has 3 aliphatic rings. The van der Waals surface area contributed by atoms with Crippen LogP contribution in [-0.2, 0) is 11.3 Å². The average Bonchev–Trinajstić information content (AvgIpc) is 3.05. The van der Waals surface area contributed by atoms with E-state index in [9.17, 15) is 19.2 Å². The number of amides is 2. The summed E-state index contributed by atoms with van der Waals surface area (Å²) in [5.74, 6) is 1.06. The molecule has 11 heteroatoms. The Morgan fingerprint density at radius 2 is 1.70 bits per heavy atom. The van der Waals surface area contributed by atoms with Crippen molar-refractivity contribution in [3.8, 4) is 17.2 Å². The summed E-state index contributed by atoms with van der Waals surface area (Å²) < 4.78 is 22.6. The maximum absolute atomic E-state index is 13.5. The first-order chi connectivity index (χ1) is 20.9. The topological polar surface area (TPSA) is 115 Å². The van der Waals surface area contributed by atoms with E-state index >= 15 is 0 Å². The summed E-state index contributed by atoms with van der Waals surface area (Å²) in [4.78, 5) is 55.5. The number of cyclic esters (lactones) is 1. The number of nitrogens with zero attached hydrogens (tertiary/aromatic N) is 3. The van der Waals surface area contributed by atoms with Crippen LogP contribution in [-0.4, -0.2) is 68.9 Å². The van der Waals surface area contributed by atoms with Gasteiger partial charge in [0.1, 0.15) is 29.9 Å². The zero-order valence-corrected chi connectivity index (χ0v) is 24.4. The van der Waals surface area contributed by atoms with Crippen LogP contribution in [0.15, 0.2) is 52.1 Å². The van der Waals surface area contributed by atoms with Crippen LogP contribution < -0.4 is 34.9 Å². The van der Waals surface area contributed by atoms with E-state index in [1.165, 1.54) is 7.11 Å². The SMILES string of the molecule is CCOc1c(N2CCC(Oc3ccc(C(=O)N4CCC(N5C(=O)OCc6ccccc65)CC4)c(OC)c3)CC2)c(=O)c1=O. The van der Waals surface area contributed by atoms with Crippen LogP contribution in [0.4, 0.5) is 16.2 Å². The molecule has 6 rings (SSSR count). The molecular weight excluding hydrogens is 554 g/mol.